The van der Waals surface area contributed by atoms with Crippen molar-refractivity contribution in [1.29, 1.82) is 0 Å². The predicted molar refractivity (Wildman–Crippen MR) is 113 cm³/mol. The summed E-state index contributed by atoms with van der Waals surface area (Å²) in [4.78, 5) is 46.4. The molecule has 3 aromatic rings. The molecule has 0 aliphatic heterocycles. The maximum Gasteiger partial charge on any atom is 0.282 e. The Kier molecular flexibility index (Phi) is 6.01. The van der Waals surface area contributed by atoms with E-state index in [0.29, 0.717) is 0 Å². The van der Waals surface area contributed by atoms with Crippen LogP contribution >= 0.6 is 0 Å². The van der Waals surface area contributed by atoms with E-state index in [1.54, 1.807) is 19.1 Å². The van der Waals surface area contributed by atoms with Crippen molar-refractivity contribution in [2.75, 3.05) is 10.6 Å². The van der Waals surface area contributed by atoms with Gasteiger partial charge in [0.15, 0.2) is 0 Å². The van der Waals surface area contributed by atoms with Crippen LogP contribution in [0.5, 0.6) is 0 Å². The van der Waals surface area contributed by atoms with Gasteiger partial charge in [-0.2, -0.15) is 0 Å². The van der Waals surface area contributed by atoms with E-state index in [1.165, 1.54) is 54.6 Å². The van der Waals surface area contributed by atoms with Crippen molar-refractivity contribution >= 4 is 34.6 Å². The van der Waals surface area contributed by atoms with Gasteiger partial charge < -0.3 is 10.6 Å². The molecule has 10 heteroatoms. The lowest BCUT2D eigenvalue weighted by atomic mass is 10.1. The Hall–Kier alpha value is -4.60. The number of anilines is 2. The highest BCUT2D eigenvalue weighted by Gasteiger charge is 2.22. The first-order valence-electron chi connectivity index (χ1n) is 8.98. The molecule has 3 rings (SSSR count). The van der Waals surface area contributed by atoms with Crippen molar-refractivity contribution in [3.8, 4) is 0 Å². The minimum absolute atomic E-state index is 0.148. The molecule has 10 nitrogen and oxygen atoms in total. The molecule has 3 aromatic carbocycles. The number of hydrogen-bond donors (Lipinski definition) is 2. The van der Waals surface area contributed by atoms with E-state index < -0.39 is 21.7 Å². The highest BCUT2D eigenvalue weighted by molar-refractivity contribution is 6.12. The zero-order valence-electron chi connectivity index (χ0n) is 16.2. The van der Waals surface area contributed by atoms with Gasteiger partial charge in [0, 0.05) is 12.1 Å². The van der Waals surface area contributed by atoms with Crippen molar-refractivity contribution < 1.29 is 19.4 Å². The van der Waals surface area contributed by atoms with Crippen LogP contribution in [0.4, 0.5) is 22.7 Å². The second-order valence-corrected chi connectivity index (χ2v) is 6.51. The van der Waals surface area contributed by atoms with E-state index in [9.17, 15) is 29.8 Å². The first-order chi connectivity index (χ1) is 14.8. The third-order valence-corrected chi connectivity index (χ3v) is 4.36. The van der Waals surface area contributed by atoms with Crippen LogP contribution in [-0.4, -0.2) is 21.7 Å². The zero-order valence-corrected chi connectivity index (χ0v) is 16.2. The van der Waals surface area contributed by atoms with Crippen molar-refractivity contribution in [3.63, 3.8) is 0 Å². The van der Waals surface area contributed by atoms with Gasteiger partial charge in [-0.05, 0) is 36.8 Å². The Morgan fingerprint density at radius 2 is 1.16 bits per heavy atom. The third kappa shape index (κ3) is 4.70. The SMILES string of the molecule is Cc1ccc(NC(=O)c2ccccc2[N+](=O)[O-])c(NC(=O)c2ccccc2[N+](=O)[O-])c1. The number of benzene rings is 3. The van der Waals surface area contributed by atoms with Gasteiger partial charge in [-0.15, -0.1) is 0 Å². The maximum atomic E-state index is 12.7. The summed E-state index contributed by atoms with van der Waals surface area (Å²) in [5, 5.41) is 27.5. The second kappa shape index (κ2) is 8.82. The number of nitro benzene ring substituents is 2. The van der Waals surface area contributed by atoms with Crippen LogP contribution in [0.3, 0.4) is 0 Å². The highest BCUT2D eigenvalue weighted by atomic mass is 16.6. The lowest BCUT2D eigenvalue weighted by Crippen LogP contribution is -2.18. The first-order valence-corrected chi connectivity index (χ1v) is 8.98. The zero-order chi connectivity index (χ0) is 22.5. The number of hydrogen-bond acceptors (Lipinski definition) is 6. The third-order valence-electron chi connectivity index (χ3n) is 4.36. The van der Waals surface area contributed by atoms with Gasteiger partial charge in [-0.1, -0.05) is 30.3 Å². The number of nitrogens with zero attached hydrogens (tertiary/aromatic N) is 2. The summed E-state index contributed by atoms with van der Waals surface area (Å²) < 4.78 is 0. The molecule has 0 saturated carbocycles. The lowest BCUT2D eigenvalue weighted by molar-refractivity contribution is -0.385. The molecule has 0 atom stereocenters. The van der Waals surface area contributed by atoms with Gasteiger partial charge in [0.05, 0.1) is 21.2 Å². The lowest BCUT2D eigenvalue weighted by Gasteiger charge is -2.13. The minimum Gasteiger partial charge on any atom is -0.320 e. The molecule has 31 heavy (non-hydrogen) atoms. The van der Waals surface area contributed by atoms with Crippen LogP contribution in [0.15, 0.2) is 66.7 Å². The minimum atomic E-state index is -0.739. The van der Waals surface area contributed by atoms with Crippen LogP contribution in [-0.2, 0) is 0 Å². The number of nitro groups is 2. The normalized spacial score (nSPS) is 10.2. The quantitative estimate of drug-likeness (QED) is 0.449. The topological polar surface area (TPSA) is 144 Å². The molecule has 0 aliphatic rings. The fourth-order valence-electron chi connectivity index (χ4n) is 2.90. The Bertz CT molecular complexity index is 1210. The van der Waals surface area contributed by atoms with E-state index in [0.717, 1.165) is 5.56 Å². The molecule has 2 amide bonds. The fourth-order valence-corrected chi connectivity index (χ4v) is 2.90. The van der Waals surface area contributed by atoms with Crippen molar-refractivity contribution in [1.82, 2.24) is 0 Å². The fraction of sp³-hybridized carbons (Fsp3) is 0.0476. The Balaban J connectivity index is 1.92. The summed E-state index contributed by atoms with van der Waals surface area (Å²) >= 11 is 0. The molecule has 0 aliphatic carbocycles. The molecule has 0 bridgehead atoms. The monoisotopic (exact) mass is 420 g/mol. The summed E-state index contributed by atoms with van der Waals surface area (Å²) in [6, 6.07) is 15.7. The van der Waals surface area contributed by atoms with E-state index in [2.05, 4.69) is 10.6 Å². The number of nitrogens with one attached hydrogen (secondary N) is 2. The molecule has 0 heterocycles. The average molecular weight is 420 g/mol. The summed E-state index contributed by atoms with van der Waals surface area (Å²) in [6.07, 6.45) is 0. The van der Waals surface area contributed by atoms with E-state index in [4.69, 9.17) is 0 Å². The smallest absolute Gasteiger partial charge is 0.282 e. The summed E-state index contributed by atoms with van der Waals surface area (Å²) in [5.41, 5.74) is 0.0992. The van der Waals surface area contributed by atoms with Gasteiger partial charge in [0.25, 0.3) is 23.2 Å². The van der Waals surface area contributed by atoms with Gasteiger partial charge >= 0.3 is 0 Å². The number of amides is 2. The van der Waals surface area contributed by atoms with Crippen molar-refractivity contribution in [3.05, 3.63) is 104 Å². The molecule has 0 radical (unpaired) electrons. The van der Waals surface area contributed by atoms with Crippen molar-refractivity contribution in [2.24, 2.45) is 0 Å². The highest BCUT2D eigenvalue weighted by Crippen LogP contribution is 2.27. The standard InChI is InChI=1S/C21H16N4O6/c1-13-10-11-16(22-20(26)14-6-2-4-8-18(14)24(28)29)17(12-13)23-21(27)15-7-3-5-9-19(15)25(30)31/h2-12H,1H3,(H,22,26)(H,23,27). The Labute approximate surface area is 175 Å². The van der Waals surface area contributed by atoms with E-state index in [-0.39, 0.29) is 33.9 Å². The number of carbonyl (C=O) groups is 2. The Morgan fingerprint density at radius 3 is 1.65 bits per heavy atom. The van der Waals surface area contributed by atoms with Crippen LogP contribution in [0.25, 0.3) is 0 Å². The first kappa shape index (κ1) is 21.1. The summed E-state index contributed by atoms with van der Waals surface area (Å²) in [7, 11) is 0. The van der Waals surface area contributed by atoms with Gasteiger partial charge in [0.1, 0.15) is 11.1 Å². The van der Waals surface area contributed by atoms with Crippen LogP contribution in [0, 0.1) is 27.2 Å². The van der Waals surface area contributed by atoms with Crippen LogP contribution in [0.1, 0.15) is 26.3 Å². The summed E-state index contributed by atoms with van der Waals surface area (Å²) in [5.74, 6) is -1.48. The number of para-hydroxylation sites is 2. The van der Waals surface area contributed by atoms with Gasteiger partial charge in [-0.25, -0.2) is 0 Å². The summed E-state index contributed by atoms with van der Waals surface area (Å²) in [6.45, 7) is 1.76. The molecule has 156 valence electrons. The second-order valence-electron chi connectivity index (χ2n) is 6.51. The van der Waals surface area contributed by atoms with Gasteiger partial charge in [0.2, 0.25) is 0 Å². The van der Waals surface area contributed by atoms with Crippen molar-refractivity contribution in [2.45, 2.75) is 6.92 Å². The number of rotatable bonds is 6. The largest absolute Gasteiger partial charge is 0.320 e. The molecule has 0 aromatic heterocycles. The van der Waals surface area contributed by atoms with Crippen LogP contribution < -0.4 is 10.6 Å². The maximum absolute atomic E-state index is 12.7. The molecule has 0 unspecified atom stereocenters. The molecule has 2 N–H and O–H groups in total. The van der Waals surface area contributed by atoms with Crippen LogP contribution in [0.2, 0.25) is 0 Å². The molecular formula is C21H16N4O6. The molecule has 0 spiro atoms. The molecule has 0 fully saturated rings. The number of aryl methyl sites for hydroxylation is 1. The average Bonchev–Trinajstić information content (AvgIpc) is 2.75. The predicted octanol–water partition coefficient (Wildman–Crippen LogP) is 4.32. The van der Waals surface area contributed by atoms with E-state index >= 15 is 0 Å². The molecule has 0 saturated heterocycles. The number of carbonyl (C=O) groups excluding carboxylic acids is 2. The van der Waals surface area contributed by atoms with Gasteiger partial charge in [-0.3, -0.25) is 29.8 Å². The van der Waals surface area contributed by atoms with E-state index in [1.807, 2.05) is 0 Å². The molecular weight excluding hydrogens is 404 g/mol. The Morgan fingerprint density at radius 1 is 0.710 bits per heavy atom.